The van der Waals surface area contributed by atoms with Crippen molar-refractivity contribution in [2.24, 2.45) is 4.99 Å². The summed E-state index contributed by atoms with van der Waals surface area (Å²) >= 11 is 0. The number of halogens is 1. The molecule has 1 saturated heterocycles. The molecule has 0 aromatic heterocycles. The number of benzene rings is 1. The van der Waals surface area contributed by atoms with Crippen LogP contribution in [0.1, 0.15) is 31.9 Å². The summed E-state index contributed by atoms with van der Waals surface area (Å²) < 4.78 is 37.3. The number of aliphatic imine (C=N–C) groups is 1. The highest BCUT2D eigenvalue weighted by Gasteiger charge is 2.28. The van der Waals surface area contributed by atoms with Gasteiger partial charge in [0.1, 0.15) is 0 Å². The fraction of sp³-hybridized carbons (Fsp3) is 0.667. The zero-order chi connectivity index (χ0) is 22.0. The van der Waals surface area contributed by atoms with Gasteiger partial charge in [-0.2, -0.15) is 4.31 Å². The number of nitrogens with zero attached hydrogens (tertiary/aromatic N) is 3. The summed E-state index contributed by atoms with van der Waals surface area (Å²) in [5, 5.41) is 3.33. The molecule has 178 valence electrons. The van der Waals surface area contributed by atoms with E-state index in [4.69, 9.17) is 14.5 Å². The summed E-state index contributed by atoms with van der Waals surface area (Å²) in [6.45, 7) is 10.0. The number of hydrogen-bond acceptors (Lipinski definition) is 5. The second kappa shape index (κ2) is 14.2. The van der Waals surface area contributed by atoms with E-state index in [1.165, 1.54) is 0 Å². The molecule has 1 N–H and O–H groups in total. The molecule has 1 fully saturated rings. The van der Waals surface area contributed by atoms with Gasteiger partial charge in [0.05, 0.1) is 31.6 Å². The normalized spacial score (nSPS) is 15.8. The van der Waals surface area contributed by atoms with Crippen molar-refractivity contribution in [3.63, 3.8) is 0 Å². The summed E-state index contributed by atoms with van der Waals surface area (Å²) in [7, 11) is -1.61. The van der Waals surface area contributed by atoms with E-state index in [0.29, 0.717) is 39.3 Å². The Morgan fingerprint density at radius 2 is 1.81 bits per heavy atom. The smallest absolute Gasteiger partial charge is 0.216 e. The first kappa shape index (κ1) is 28.1. The number of piperazine rings is 1. The highest BCUT2D eigenvalue weighted by molar-refractivity contribution is 14.0. The van der Waals surface area contributed by atoms with Crippen molar-refractivity contribution in [1.82, 2.24) is 14.5 Å². The summed E-state index contributed by atoms with van der Waals surface area (Å²) in [6, 6.07) is 8.11. The number of ether oxygens (including phenoxy) is 2. The fourth-order valence-corrected chi connectivity index (χ4v) is 4.57. The summed E-state index contributed by atoms with van der Waals surface area (Å²) in [6.07, 6.45) is 0.0324. The molecular formula is C21H37IN4O4S. The molecule has 0 unspecified atom stereocenters. The first-order chi connectivity index (χ1) is 14.4. The van der Waals surface area contributed by atoms with E-state index in [0.717, 1.165) is 23.6 Å². The molecule has 1 heterocycles. The van der Waals surface area contributed by atoms with Crippen LogP contribution >= 0.6 is 24.0 Å². The molecule has 2 rings (SSSR count). The third kappa shape index (κ3) is 9.21. The van der Waals surface area contributed by atoms with Crippen LogP contribution in [0.25, 0.3) is 0 Å². The molecule has 0 bridgehead atoms. The average molecular weight is 569 g/mol. The molecule has 1 aromatic rings. The molecule has 0 saturated carbocycles. The number of hydrogen-bond donors (Lipinski definition) is 1. The average Bonchev–Trinajstić information content (AvgIpc) is 2.72. The van der Waals surface area contributed by atoms with E-state index in [9.17, 15) is 8.42 Å². The van der Waals surface area contributed by atoms with E-state index >= 15 is 0 Å². The van der Waals surface area contributed by atoms with Crippen LogP contribution in [0.3, 0.4) is 0 Å². The van der Waals surface area contributed by atoms with E-state index in [2.05, 4.69) is 16.3 Å². The maximum Gasteiger partial charge on any atom is 0.216 e. The van der Waals surface area contributed by atoms with Gasteiger partial charge in [0, 0.05) is 39.8 Å². The number of methoxy groups -OCH3 is 1. The standard InChI is InChI=1S/C21H36N4O4S.HI/c1-5-22-21(23-16-19-8-6-7-9-20(19)17-28-4)24-10-12-25(13-11-24)30(26,27)15-14-29-18(2)3;/h6-9,18H,5,10-17H2,1-4H3,(H,22,23);1H. The highest BCUT2D eigenvalue weighted by Crippen LogP contribution is 2.13. The fourth-order valence-electron chi connectivity index (χ4n) is 3.29. The third-order valence-electron chi connectivity index (χ3n) is 4.88. The lowest BCUT2D eigenvalue weighted by Gasteiger charge is -2.36. The van der Waals surface area contributed by atoms with Crippen LogP contribution in [0.15, 0.2) is 29.3 Å². The van der Waals surface area contributed by atoms with Crippen LogP contribution < -0.4 is 5.32 Å². The molecule has 1 aliphatic rings. The van der Waals surface area contributed by atoms with E-state index in [1.807, 2.05) is 39.0 Å². The minimum Gasteiger partial charge on any atom is -0.380 e. The van der Waals surface area contributed by atoms with Crippen molar-refractivity contribution >= 4 is 40.0 Å². The van der Waals surface area contributed by atoms with Crippen LogP contribution in [-0.2, 0) is 32.6 Å². The predicted molar refractivity (Wildman–Crippen MR) is 135 cm³/mol. The van der Waals surface area contributed by atoms with Crippen LogP contribution in [-0.4, -0.2) is 81.9 Å². The van der Waals surface area contributed by atoms with Gasteiger partial charge in [-0.1, -0.05) is 24.3 Å². The molecule has 10 heteroatoms. The Morgan fingerprint density at radius 1 is 1.16 bits per heavy atom. The van der Waals surface area contributed by atoms with Gasteiger partial charge < -0.3 is 19.7 Å². The lowest BCUT2D eigenvalue weighted by molar-refractivity contribution is 0.0904. The lowest BCUT2D eigenvalue weighted by atomic mass is 10.1. The molecule has 1 aliphatic heterocycles. The Bertz CT molecular complexity index is 781. The predicted octanol–water partition coefficient (Wildman–Crippen LogP) is 2.29. The molecule has 1 aromatic carbocycles. The van der Waals surface area contributed by atoms with Gasteiger partial charge in [0.2, 0.25) is 10.0 Å². The molecule has 0 atom stereocenters. The van der Waals surface area contributed by atoms with Gasteiger partial charge in [-0.05, 0) is 31.9 Å². The second-order valence-corrected chi connectivity index (χ2v) is 9.58. The van der Waals surface area contributed by atoms with Crippen molar-refractivity contribution in [2.75, 3.05) is 52.2 Å². The summed E-state index contributed by atoms with van der Waals surface area (Å²) in [5.41, 5.74) is 2.25. The van der Waals surface area contributed by atoms with Gasteiger partial charge in [-0.15, -0.1) is 24.0 Å². The Balaban J connectivity index is 0.00000480. The van der Waals surface area contributed by atoms with Crippen LogP contribution in [0, 0.1) is 0 Å². The Labute approximate surface area is 204 Å². The Morgan fingerprint density at radius 3 is 2.39 bits per heavy atom. The number of nitrogens with one attached hydrogen (secondary N) is 1. The SMILES string of the molecule is CCNC(=NCc1ccccc1COC)N1CCN(S(=O)(=O)CCOC(C)C)CC1.I. The topological polar surface area (TPSA) is 83.5 Å². The van der Waals surface area contributed by atoms with E-state index < -0.39 is 10.0 Å². The second-order valence-electron chi connectivity index (χ2n) is 7.49. The molecule has 0 aliphatic carbocycles. The highest BCUT2D eigenvalue weighted by atomic mass is 127. The zero-order valence-electron chi connectivity index (χ0n) is 19.0. The lowest BCUT2D eigenvalue weighted by Crippen LogP contribution is -2.54. The van der Waals surface area contributed by atoms with Gasteiger partial charge in [-0.3, -0.25) is 0 Å². The third-order valence-corrected chi connectivity index (χ3v) is 6.71. The van der Waals surface area contributed by atoms with Gasteiger partial charge in [0.15, 0.2) is 5.96 Å². The van der Waals surface area contributed by atoms with Crippen molar-refractivity contribution in [3.05, 3.63) is 35.4 Å². The molecule has 0 spiro atoms. The van der Waals surface area contributed by atoms with Gasteiger partial charge in [0.25, 0.3) is 0 Å². The minimum atomic E-state index is -3.30. The summed E-state index contributed by atoms with van der Waals surface area (Å²) in [4.78, 5) is 6.92. The number of sulfonamides is 1. The van der Waals surface area contributed by atoms with Crippen molar-refractivity contribution in [3.8, 4) is 0 Å². The number of guanidine groups is 1. The van der Waals surface area contributed by atoms with Crippen LogP contribution in [0.2, 0.25) is 0 Å². The molecular weight excluding hydrogens is 531 g/mol. The number of rotatable bonds is 10. The van der Waals surface area contributed by atoms with E-state index in [-0.39, 0.29) is 42.4 Å². The Hall–Kier alpha value is -0.950. The van der Waals surface area contributed by atoms with E-state index in [1.54, 1.807) is 11.4 Å². The quantitative estimate of drug-likeness (QED) is 0.265. The first-order valence-electron chi connectivity index (χ1n) is 10.6. The van der Waals surface area contributed by atoms with Crippen LogP contribution in [0.4, 0.5) is 0 Å². The largest absolute Gasteiger partial charge is 0.380 e. The maximum absolute atomic E-state index is 12.5. The van der Waals surface area contributed by atoms with Gasteiger partial charge >= 0.3 is 0 Å². The maximum atomic E-state index is 12.5. The van der Waals surface area contributed by atoms with Crippen molar-refractivity contribution in [1.29, 1.82) is 0 Å². The minimum absolute atomic E-state index is 0. The van der Waals surface area contributed by atoms with Crippen LogP contribution in [0.5, 0.6) is 0 Å². The zero-order valence-corrected chi connectivity index (χ0v) is 22.2. The monoisotopic (exact) mass is 568 g/mol. The van der Waals surface area contributed by atoms with Crippen molar-refractivity contribution < 1.29 is 17.9 Å². The van der Waals surface area contributed by atoms with Crippen molar-refractivity contribution in [2.45, 2.75) is 40.0 Å². The first-order valence-corrected chi connectivity index (χ1v) is 12.2. The molecule has 31 heavy (non-hydrogen) atoms. The molecule has 0 amide bonds. The summed E-state index contributed by atoms with van der Waals surface area (Å²) in [5.74, 6) is 0.834. The van der Waals surface area contributed by atoms with Gasteiger partial charge in [-0.25, -0.2) is 13.4 Å². The Kier molecular flexibility index (Phi) is 12.9. The molecule has 8 nitrogen and oxygen atoms in total. The molecule has 0 radical (unpaired) electrons.